The normalized spacial score (nSPS) is 11.8. The van der Waals surface area contributed by atoms with Crippen molar-refractivity contribution >= 4 is 18.2 Å². The summed E-state index contributed by atoms with van der Waals surface area (Å²) in [5, 5.41) is 2.74. The highest BCUT2D eigenvalue weighted by Crippen LogP contribution is 2.36. The summed E-state index contributed by atoms with van der Waals surface area (Å²) in [6.07, 6.45) is 1.42. The van der Waals surface area contributed by atoms with Crippen LogP contribution >= 0.6 is 11.8 Å². The van der Waals surface area contributed by atoms with Gasteiger partial charge in [0, 0.05) is 6.04 Å². The van der Waals surface area contributed by atoms with E-state index in [2.05, 4.69) is 12.2 Å². The van der Waals surface area contributed by atoms with Crippen LogP contribution in [0.25, 0.3) is 0 Å². The van der Waals surface area contributed by atoms with Crippen molar-refractivity contribution in [3.8, 4) is 11.5 Å². The Kier molecular flexibility index (Phi) is 6.56. The van der Waals surface area contributed by atoms with Crippen molar-refractivity contribution in [1.29, 1.82) is 0 Å². The van der Waals surface area contributed by atoms with Gasteiger partial charge in [0.2, 0.25) is 6.41 Å². The third-order valence-electron chi connectivity index (χ3n) is 2.75. The summed E-state index contributed by atoms with van der Waals surface area (Å²) in [5.74, 6) is 2.65. The van der Waals surface area contributed by atoms with Gasteiger partial charge in [-0.25, -0.2) is 0 Å². The van der Waals surface area contributed by atoms with Crippen molar-refractivity contribution in [2.24, 2.45) is 0 Å². The Bertz CT molecular complexity index is 423. The number of amides is 1. The molecule has 0 aliphatic heterocycles. The number of rotatable bonds is 8. The lowest BCUT2D eigenvalue weighted by Gasteiger charge is -2.17. The predicted molar refractivity (Wildman–Crippen MR) is 78.3 cm³/mol. The van der Waals surface area contributed by atoms with E-state index < -0.39 is 0 Å². The number of hydrogen-bond acceptors (Lipinski definition) is 4. The summed E-state index contributed by atoms with van der Waals surface area (Å²) in [6, 6.07) is 4.04. The molecule has 0 spiro atoms. The average molecular weight is 283 g/mol. The Labute approximate surface area is 118 Å². The Morgan fingerprint density at radius 1 is 1.32 bits per heavy atom. The second-order valence-electron chi connectivity index (χ2n) is 4.14. The standard InChI is InChI=1S/C14H21NO3S/c1-5-19-14-8-12(17-3)11(7-13(14)18-4)6-10(2)15-9-16/h7-10H,5-6H2,1-4H3,(H,15,16). The van der Waals surface area contributed by atoms with Crippen LogP contribution in [0.2, 0.25) is 0 Å². The monoisotopic (exact) mass is 283 g/mol. The zero-order valence-electron chi connectivity index (χ0n) is 11.9. The molecule has 0 heterocycles. The minimum atomic E-state index is 0.0563. The van der Waals surface area contributed by atoms with Gasteiger partial charge in [-0.2, -0.15) is 0 Å². The fourth-order valence-electron chi connectivity index (χ4n) is 1.87. The molecule has 0 aliphatic carbocycles. The molecular weight excluding hydrogens is 262 g/mol. The lowest BCUT2D eigenvalue weighted by molar-refractivity contribution is -0.110. The number of carbonyl (C=O) groups excluding carboxylic acids is 1. The van der Waals surface area contributed by atoms with Gasteiger partial charge in [-0.15, -0.1) is 11.8 Å². The predicted octanol–water partition coefficient (Wildman–Crippen LogP) is 2.49. The van der Waals surface area contributed by atoms with Crippen molar-refractivity contribution < 1.29 is 14.3 Å². The summed E-state index contributed by atoms with van der Waals surface area (Å²) in [7, 11) is 3.32. The molecule has 0 saturated heterocycles. The number of benzene rings is 1. The molecule has 4 nitrogen and oxygen atoms in total. The molecule has 1 amide bonds. The summed E-state index contributed by atoms with van der Waals surface area (Å²) in [4.78, 5) is 11.5. The van der Waals surface area contributed by atoms with E-state index in [0.717, 1.165) is 34.1 Å². The highest BCUT2D eigenvalue weighted by atomic mass is 32.2. The molecule has 19 heavy (non-hydrogen) atoms. The van der Waals surface area contributed by atoms with Gasteiger partial charge in [0.25, 0.3) is 0 Å². The fraction of sp³-hybridized carbons (Fsp3) is 0.500. The van der Waals surface area contributed by atoms with Gasteiger partial charge in [0.05, 0.1) is 19.1 Å². The van der Waals surface area contributed by atoms with E-state index in [0.29, 0.717) is 6.42 Å². The van der Waals surface area contributed by atoms with E-state index in [1.165, 1.54) is 0 Å². The summed E-state index contributed by atoms with van der Waals surface area (Å²) in [5.41, 5.74) is 1.03. The molecular formula is C14H21NO3S. The third kappa shape index (κ3) is 4.35. The van der Waals surface area contributed by atoms with Gasteiger partial charge in [-0.1, -0.05) is 6.92 Å². The molecule has 0 aliphatic rings. The molecule has 0 fully saturated rings. The molecule has 0 bridgehead atoms. The van der Waals surface area contributed by atoms with Gasteiger partial charge in [-0.05, 0) is 36.8 Å². The first kappa shape index (κ1) is 15.7. The van der Waals surface area contributed by atoms with Gasteiger partial charge in [-0.3, -0.25) is 4.79 Å². The van der Waals surface area contributed by atoms with Crippen LogP contribution in [0.3, 0.4) is 0 Å². The lowest BCUT2D eigenvalue weighted by Crippen LogP contribution is -2.26. The fourth-order valence-corrected chi connectivity index (χ4v) is 2.65. The highest BCUT2D eigenvalue weighted by molar-refractivity contribution is 7.99. The SMILES string of the molecule is CCSc1cc(OC)c(CC(C)NC=O)cc1OC. The number of ether oxygens (including phenoxy) is 2. The quantitative estimate of drug-likeness (QED) is 0.588. The molecule has 0 radical (unpaired) electrons. The van der Waals surface area contributed by atoms with E-state index in [-0.39, 0.29) is 6.04 Å². The topological polar surface area (TPSA) is 47.6 Å². The Morgan fingerprint density at radius 3 is 2.53 bits per heavy atom. The van der Waals surface area contributed by atoms with Crippen LogP contribution < -0.4 is 14.8 Å². The van der Waals surface area contributed by atoms with Crippen LogP contribution in [0.4, 0.5) is 0 Å². The summed E-state index contributed by atoms with van der Waals surface area (Å²) >= 11 is 1.72. The molecule has 1 aromatic rings. The number of nitrogens with one attached hydrogen (secondary N) is 1. The zero-order valence-corrected chi connectivity index (χ0v) is 12.7. The second-order valence-corrected chi connectivity index (χ2v) is 5.44. The maximum absolute atomic E-state index is 10.5. The molecule has 0 saturated carbocycles. The molecule has 1 rings (SSSR count). The first-order valence-corrected chi connectivity index (χ1v) is 7.22. The molecule has 5 heteroatoms. The minimum Gasteiger partial charge on any atom is -0.496 e. The Morgan fingerprint density at radius 2 is 2.00 bits per heavy atom. The van der Waals surface area contributed by atoms with Crippen molar-refractivity contribution in [3.63, 3.8) is 0 Å². The van der Waals surface area contributed by atoms with Crippen LogP contribution in [0.1, 0.15) is 19.4 Å². The van der Waals surface area contributed by atoms with Crippen molar-refractivity contribution in [2.75, 3.05) is 20.0 Å². The van der Waals surface area contributed by atoms with Crippen molar-refractivity contribution in [3.05, 3.63) is 17.7 Å². The maximum atomic E-state index is 10.5. The Hall–Kier alpha value is -1.36. The lowest BCUT2D eigenvalue weighted by atomic mass is 10.1. The van der Waals surface area contributed by atoms with Gasteiger partial charge in [0.15, 0.2) is 0 Å². The van der Waals surface area contributed by atoms with Crippen molar-refractivity contribution in [1.82, 2.24) is 5.32 Å². The summed E-state index contributed by atoms with van der Waals surface area (Å²) < 4.78 is 10.8. The second kappa shape index (κ2) is 7.94. The average Bonchev–Trinajstić information content (AvgIpc) is 2.40. The Balaban J connectivity index is 3.05. The molecule has 1 aromatic carbocycles. The summed E-state index contributed by atoms with van der Waals surface area (Å²) in [6.45, 7) is 4.05. The van der Waals surface area contributed by atoms with Crippen molar-refractivity contribution in [2.45, 2.75) is 31.2 Å². The molecule has 1 atom stereocenters. The van der Waals surface area contributed by atoms with Crippen LogP contribution in [0.5, 0.6) is 11.5 Å². The van der Waals surface area contributed by atoms with Gasteiger partial charge in [0.1, 0.15) is 11.5 Å². The van der Waals surface area contributed by atoms with Crippen LogP contribution in [-0.2, 0) is 11.2 Å². The molecule has 0 aromatic heterocycles. The largest absolute Gasteiger partial charge is 0.496 e. The van der Waals surface area contributed by atoms with E-state index >= 15 is 0 Å². The number of thioether (sulfide) groups is 1. The van der Waals surface area contributed by atoms with E-state index in [4.69, 9.17) is 9.47 Å². The third-order valence-corrected chi connectivity index (χ3v) is 3.66. The highest BCUT2D eigenvalue weighted by Gasteiger charge is 2.13. The first-order valence-electron chi connectivity index (χ1n) is 6.23. The van der Waals surface area contributed by atoms with E-state index in [1.807, 2.05) is 19.1 Å². The molecule has 1 N–H and O–H groups in total. The van der Waals surface area contributed by atoms with Gasteiger partial charge < -0.3 is 14.8 Å². The number of hydrogen-bond donors (Lipinski definition) is 1. The van der Waals surface area contributed by atoms with Crippen LogP contribution in [-0.4, -0.2) is 32.4 Å². The first-order chi connectivity index (χ1) is 9.15. The van der Waals surface area contributed by atoms with Crippen LogP contribution in [0, 0.1) is 0 Å². The van der Waals surface area contributed by atoms with Gasteiger partial charge >= 0.3 is 0 Å². The smallest absolute Gasteiger partial charge is 0.207 e. The molecule has 106 valence electrons. The minimum absolute atomic E-state index is 0.0563. The number of carbonyl (C=O) groups is 1. The van der Waals surface area contributed by atoms with Crippen LogP contribution in [0.15, 0.2) is 17.0 Å². The number of methoxy groups -OCH3 is 2. The van der Waals surface area contributed by atoms with E-state index in [1.54, 1.807) is 26.0 Å². The zero-order chi connectivity index (χ0) is 14.3. The molecule has 1 unspecified atom stereocenters. The maximum Gasteiger partial charge on any atom is 0.207 e. The van der Waals surface area contributed by atoms with E-state index in [9.17, 15) is 4.79 Å².